The minimum Gasteiger partial charge on any atom is -0.496 e. The monoisotopic (exact) mass is 342 g/mol. The minimum atomic E-state index is 0.753. The van der Waals surface area contributed by atoms with E-state index in [1.54, 1.807) is 7.11 Å². The molecule has 5 heteroatoms. The molecule has 136 valence electrons. The Kier molecular flexibility index (Phi) is 6.10. The molecule has 0 N–H and O–H groups in total. The largest absolute Gasteiger partial charge is 0.496 e. The van der Waals surface area contributed by atoms with Crippen LogP contribution in [0.1, 0.15) is 23.1 Å². The number of methoxy groups -OCH3 is 1. The highest BCUT2D eigenvalue weighted by atomic mass is 16.5. The Morgan fingerprint density at radius 3 is 2.64 bits per heavy atom. The number of rotatable bonds is 7. The highest BCUT2D eigenvalue weighted by Gasteiger charge is 2.13. The van der Waals surface area contributed by atoms with E-state index in [0.29, 0.717) is 0 Å². The third-order valence-electron chi connectivity index (χ3n) is 4.98. The summed E-state index contributed by atoms with van der Waals surface area (Å²) in [5.74, 6) is 0.941. The molecule has 5 nitrogen and oxygen atoms in total. The Morgan fingerprint density at radius 2 is 1.96 bits per heavy atom. The summed E-state index contributed by atoms with van der Waals surface area (Å²) in [4.78, 5) is 4.99. The molecule has 1 fully saturated rings. The highest BCUT2D eigenvalue weighted by molar-refractivity contribution is 5.37. The molecule has 0 unspecified atom stereocenters. The number of ether oxygens (including phenoxy) is 1. The van der Waals surface area contributed by atoms with Crippen LogP contribution in [0.2, 0.25) is 0 Å². The van der Waals surface area contributed by atoms with Crippen LogP contribution in [0.4, 0.5) is 0 Å². The molecular formula is C20H30N4O. The summed E-state index contributed by atoms with van der Waals surface area (Å²) in [7, 11) is 3.94. The molecule has 0 spiro atoms. The van der Waals surface area contributed by atoms with E-state index in [1.165, 1.54) is 55.8 Å². The first-order valence-corrected chi connectivity index (χ1v) is 9.20. The van der Waals surface area contributed by atoms with Gasteiger partial charge in [-0.3, -0.25) is 4.68 Å². The molecule has 25 heavy (non-hydrogen) atoms. The van der Waals surface area contributed by atoms with E-state index >= 15 is 0 Å². The SMILES string of the molecule is COc1ccc(CCCN2CCN(C)CC2)cc1Cn1cc(C)cn1. The van der Waals surface area contributed by atoms with Crippen LogP contribution in [0.15, 0.2) is 30.6 Å². The summed E-state index contributed by atoms with van der Waals surface area (Å²) in [6.07, 6.45) is 6.28. The number of aryl methyl sites for hydroxylation is 2. The minimum absolute atomic E-state index is 0.753. The molecule has 1 aromatic carbocycles. The molecule has 0 atom stereocenters. The summed E-state index contributed by atoms with van der Waals surface area (Å²) in [5, 5.41) is 4.40. The van der Waals surface area contributed by atoms with Crippen molar-refractivity contribution in [1.29, 1.82) is 0 Å². The van der Waals surface area contributed by atoms with Crippen molar-refractivity contribution in [3.8, 4) is 5.75 Å². The van der Waals surface area contributed by atoms with Crippen molar-refractivity contribution in [1.82, 2.24) is 19.6 Å². The van der Waals surface area contributed by atoms with Crippen molar-refractivity contribution in [3.63, 3.8) is 0 Å². The Hall–Kier alpha value is -1.85. The predicted molar refractivity (Wildman–Crippen MR) is 101 cm³/mol. The van der Waals surface area contributed by atoms with Crippen LogP contribution in [0.25, 0.3) is 0 Å². The summed E-state index contributed by atoms with van der Waals surface area (Å²) in [6.45, 7) is 8.78. The molecule has 1 aliphatic rings. The van der Waals surface area contributed by atoms with Crippen LogP contribution < -0.4 is 4.74 Å². The molecule has 0 aliphatic carbocycles. The van der Waals surface area contributed by atoms with Crippen LogP contribution in [0.3, 0.4) is 0 Å². The normalized spacial score (nSPS) is 16.3. The lowest BCUT2D eigenvalue weighted by atomic mass is 10.0. The zero-order valence-corrected chi connectivity index (χ0v) is 15.7. The van der Waals surface area contributed by atoms with Gasteiger partial charge in [0.1, 0.15) is 5.75 Å². The van der Waals surface area contributed by atoms with Crippen LogP contribution in [0.5, 0.6) is 5.75 Å². The average molecular weight is 342 g/mol. The Bertz CT molecular complexity index is 674. The van der Waals surface area contributed by atoms with Gasteiger partial charge in [-0.1, -0.05) is 12.1 Å². The van der Waals surface area contributed by atoms with Crippen molar-refractivity contribution in [2.75, 3.05) is 46.9 Å². The van der Waals surface area contributed by atoms with Crippen molar-refractivity contribution >= 4 is 0 Å². The van der Waals surface area contributed by atoms with Gasteiger partial charge < -0.3 is 14.5 Å². The van der Waals surface area contributed by atoms with E-state index in [4.69, 9.17) is 4.74 Å². The molecule has 0 bridgehead atoms. The number of piperazine rings is 1. The Balaban J connectivity index is 1.57. The zero-order valence-electron chi connectivity index (χ0n) is 15.7. The van der Waals surface area contributed by atoms with Gasteiger partial charge in [0, 0.05) is 37.9 Å². The van der Waals surface area contributed by atoms with Gasteiger partial charge in [0.15, 0.2) is 0 Å². The lowest BCUT2D eigenvalue weighted by Gasteiger charge is -2.32. The standard InChI is InChI=1S/C20H30N4O/c1-17-14-21-24(15-17)16-19-13-18(6-7-20(19)25-3)5-4-8-23-11-9-22(2)10-12-23/h6-7,13-15H,4-5,8-12,16H2,1-3H3. The fraction of sp³-hybridized carbons (Fsp3) is 0.550. The number of hydrogen-bond donors (Lipinski definition) is 0. The third-order valence-corrected chi connectivity index (χ3v) is 4.98. The van der Waals surface area contributed by atoms with Gasteiger partial charge in [0.25, 0.3) is 0 Å². The molecular weight excluding hydrogens is 312 g/mol. The number of likely N-dealkylation sites (N-methyl/N-ethyl adjacent to an activating group) is 1. The van der Waals surface area contributed by atoms with Crippen LogP contribution in [-0.2, 0) is 13.0 Å². The van der Waals surface area contributed by atoms with Gasteiger partial charge in [-0.15, -0.1) is 0 Å². The van der Waals surface area contributed by atoms with Crippen molar-refractivity contribution in [2.24, 2.45) is 0 Å². The molecule has 0 saturated carbocycles. The van der Waals surface area contributed by atoms with Gasteiger partial charge >= 0.3 is 0 Å². The summed E-state index contributed by atoms with van der Waals surface area (Å²) in [5.41, 5.74) is 3.76. The lowest BCUT2D eigenvalue weighted by molar-refractivity contribution is 0.153. The van der Waals surface area contributed by atoms with E-state index in [-0.39, 0.29) is 0 Å². The van der Waals surface area contributed by atoms with E-state index in [9.17, 15) is 0 Å². The van der Waals surface area contributed by atoms with Crippen molar-refractivity contribution in [3.05, 3.63) is 47.3 Å². The maximum atomic E-state index is 5.54. The van der Waals surface area contributed by atoms with E-state index < -0.39 is 0 Å². The van der Waals surface area contributed by atoms with Gasteiger partial charge in [-0.05, 0) is 50.6 Å². The highest BCUT2D eigenvalue weighted by Crippen LogP contribution is 2.22. The fourth-order valence-corrected chi connectivity index (χ4v) is 3.42. The van der Waals surface area contributed by atoms with Crippen molar-refractivity contribution in [2.45, 2.75) is 26.3 Å². The number of nitrogens with zero attached hydrogens (tertiary/aromatic N) is 4. The molecule has 0 radical (unpaired) electrons. The molecule has 1 aliphatic heterocycles. The maximum absolute atomic E-state index is 5.54. The van der Waals surface area contributed by atoms with E-state index in [2.05, 4.69) is 53.3 Å². The van der Waals surface area contributed by atoms with Crippen LogP contribution >= 0.6 is 0 Å². The zero-order chi connectivity index (χ0) is 17.6. The summed E-state index contributed by atoms with van der Waals surface area (Å²) < 4.78 is 7.51. The smallest absolute Gasteiger partial charge is 0.123 e. The first-order chi connectivity index (χ1) is 12.1. The van der Waals surface area contributed by atoms with Gasteiger partial charge in [0.2, 0.25) is 0 Å². The van der Waals surface area contributed by atoms with Gasteiger partial charge in [-0.25, -0.2) is 0 Å². The quantitative estimate of drug-likeness (QED) is 0.774. The van der Waals surface area contributed by atoms with E-state index in [0.717, 1.165) is 18.7 Å². The van der Waals surface area contributed by atoms with E-state index in [1.807, 2.05) is 10.9 Å². The Labute approximate surface area is 151 Å². The number of benzene rings is 1. The van der Waals surface area contributed by atoms with Crippen molar-refractivity contribution < 1.29 is 4.74 Å². The molecule has 0 amide bonds. The second-order valence-electron chi connectivity index (χ2n) is 7.11. The molecule has 1 saturated heterocycles. The first kappa shape index (κ1) is 18.0. The summed E-state index contributed by atoms with van der Waals surface area (Å²) >= 11 is 0. The number of aromatic nitrogens is 2. The molecule has 1 aromatic heterocycles. The lowest BCUT2D eigenvalue weighted by Crippen LogP contribution is -2.44. The Morgan fingerprint density at radius 1 is 1.16 bits per heavy atom. The molecule has 3 rings (SSSR count). The second kappa shape index (κ2) is 8.50. The maximum Gasteiger partial charge on any atom is 0.123 e. The predicted octanol–water partition coefficient (Wildman–Crippen LogP) is 2.43. The number of hydrogen-bond acceptors (Lipinski definition) is 4. The fourth-order valence-electron chi connectivity index (χ4n) is 3.42. The van der Waals surface area contributed by atoms with Gasteiger partial charge in [0.05, 0.1) is 19.9 Å². The average Bonchev–Trinajstić information content (AvgIpc) is 3.02. The molecule has 2 heterocycles. The van der Waals surface area contributed by atoms with Crippen LogP contribution in [0, 0.1) is 6.92 Å². The van der Waals surface area contributed by atoms with Crippen LogP contribution in [-0.4, -0.2) is 66.5 Å². The second-order valence-corrected chi connectivity index (χ2v) is 7.11. The van der Waals surface area contributed by atoms with Gasteiger partial charge in [-0.2, -0.15) is 5.10 Å². The first-order valence-electron chi connectivity index (χ1n) is 9.20. The molecule has 2 aromatic rings. The third kappa shape index (κ3) is 5.06. The summed E-state index contributed by atoms with van der Waals surface area (Å²) in [6, 6.07) is 6.57. The topological polar surface area (TPSA) is 33.5 Å².